The number of carbonyl (C=O) groups excluding carboxylic acids is 3. The second-order valence-electron chi connectivity index (χ2n) is 6.48. The van der Waals surface area contributed by atoms with Crippen molar-refractivity contribution in [3.8, 4) is 0 Å². The fourth-order valence-electron chi connectivity index (χ4n) is 3.64. The van der Waals surface area contributed by atoms with E-state index in [2.05, 4.69) is 5.32 Å². The van der Waals surface area contributed by atoms with Crippen LogP contribution in [0.2, 0.25) is 0 Å². The Hall–Kier alpha value is -2.17. The maximum absolute atomic E-state index is 12.6. The van der Waals surface area contributed by atoms with Crippen molar-refractivity contribution in [1.82, 2.24) is 0 Å². The van der Waals surface area contributed by atoms with Crippen LogP contribution in [0.25, 0.3) is 0 Å². The molecular weight excluding hydrogens is 294 g/mol. The minimum Gasteiger partial charge on any atom is -0.458 e. The van der Waals surface area contributed by atoms with Crippen molar-refractivity contribution in [2.45, 2.75) is 51.0 Å². The highest BCUT2D eigenvalue weighted by Gasteiger charge is 2.52. The number of Topliss-reactive ketones (excluding diaryl/α,β-unsaturated/α-hetero) is 1. The van der Waals surface area contributed by atoms with Crippen molar-refractivity contribution < 1.29 is 19.1 Å². The second kappa shape index (κ2) is 6.14. The molecule has 2 fully saturated rings. The molecule has 0 bridgehead atoms. The lowest BCUT2D eigenvalue weighted by Crippen LogP contribution is -2.43. The molecule has 122 valence electrons. The molecule has 1 amide bonds. The van der Waals surface area contributed by atoms with Gasteiger partial charge in [0.25, 0.3) is 0 Å². The first-order valence-corrected chi connectivity index (χ1v) is 8.14. The third-order valence-electron chi connectivity index (χ3n) is 4.90. The largest absolute Gasteiger partial charge is 0.458 e. The first-order valence-electron chi connectivity index (χ1n) is 8.14. The van der Waals surface area contributed by atoms with Crippen molar-refractivity contribution in [2.75, 3.05) is 5.32 Å². The van der Waals surface area contributed by atoms with Crippen LogP contribution in [-0.4, -0.2) is 23.3 Å². The predicted octanol–water partition coefficient (Wildman–Crippen LogP) is 3.09. The number of esters is 1. The zero-order valence-electron chi connectivity index (χ0n) is 13.3. The maximum atomic E-state index is 12.6. The molecule has 1 aromatic rings. The molecule has 3 rings (SSSR count). The highest BCUT2D eigenvalue weighted by Crippen LogP contribution is 2.44. The summed E-state index contributed by atoms with van der Waals surface area (Å²) in [4.78, 5) is 35.7. The summed E-state index contributed by atoms with van der Waals surface area (Å²) < 4.78 is 5.57. The van der Waals surface area contributed by atoms with Gasteiger partial charge in [0.05, 0.1) is 12.3 Å². The van der Waals surface area contributed by atoms with Crippen molar-refractivity contribution in [3.63, 3.8) is 0 Å². The Bertz CT molecular complexity index is 629. The Morgan fingerprint density at radius 1 is 1.13 bits per heavy atom. The van der Waals surface area contributed by atoms with Crippen LogP contribution >= 0.6 is 0 Å². The predicted molar refractivity (Wildman–Crippen MR) is 85.1 cm³/mol. The molecule has 1 spiro atoms. The Morgan fingerprint density at radius 3 is 2.39 bits per heavy atom. The number of benzene rings is 1. The van der Waals surface area contributed by atoms with Crippen molar-refractivity contribution in [2.24, 2.45) is 5.92 Å². The number of anilines is 1. The second-order valence-corrected chi connectivity index (χ2v) is 6.48. The molecule has 1 atom stereocenters. The van der Waals surface area contributed by atoms with Gasteiger partial charge >= 0.3 is 5.97 Å². The van der Waals surface area contributed by atoms with Crippen molar-refractivity contribution >= 4 is 23.3 Å². The van der Waals surface area contributed by atoms with E-state index in [1.165, 1.54) is 6.92 Å². The first-order chi connectivity index (χ1) is 11.0. The molecule has 23 heavy (non-hydrogen) atoms. The van der Waals surface area contributed by atoms with Crippen LogP contribution < -0.4 is 5.32 Å². The summed E-state index contributed by atoms with van der Waals surface area (Å²) in [7, 11) is 0. The van der Waals surface area contributed by atoms with Crippen LogP contribution in [0.5, 0.6) is 0 Å². The summed E-state index contributed by atoms with van der Waals surface area (Å²) in [6.45, 7) is 1.50. The Morgan fingerprint density at radius 2 is 1.78 bits per heavy atom. The SMILES string of the molecule is CC(=O)c1ccc(NC(=O)[C@H]2CC(=O)OC23CCCCC3)cc1. The number of carbonyl (C=O) groups is 3. The average molecular weight is 315 g/mol. The minimum atomic E-state index is -0.612. The van der Waals surface area contributed by atoms with E-state index >= 15 is 0 Å². The number of nitrogens with one attached hydrogen (secondary N) is 1. The molecule has 1 aliphatic carbocycles. The zero-order chi connectivity index (χ0) is 16.4. The number of hydrogen-bond donors (Lipinski definition) is 1. The average Bonchev–Trinajstić information content (AvgIpc) is 2.84. The Balaban J connectivity index is 1.73. The summed E-state index contributed by atoms with van der Waals surface area (Å²) in [5.41, 5.74) is 0.620. The van der Waals surface area contributed by atoms with Crippen molar-refractivity contribution in [1.29, 1.82) is 0 Å². The van der Waals surface area contributed by atoms with Gasteiger partial charge in [0, 0.05) is 11.3 Å². The molecule has 1 aromatic carbocycles. The fourth-order valence-corrected chi connectivity index (χ4v) is 3.64. The van der Waals surface area contributed by atoms with E-state index in [4.69, 9.17) is 4.74 Å². The number of ether oxygens (including phenoxy) is 1. The van der Waals surface area contributed by atoms with E-state index in [-0.39, 0.29) is 24.1 Å². The molecule has 0 unspecified atom stereocenters. The monoisotopic (exact) mass is 315 g/mol. The molecule has 0 radical (unpaired) electrons. The summed E-state index contributed by atoms with van der Waals surface area (Å²) in [6, 6.07) is 6.79. The van der Waals surface area contributed by atoms with Crippen LogP contribution in [0.4, 0.5) is 5.69 Å². The zero-order valence-corrected chi connectivity index (χ0v) is 13.3. The molecular formula is C18H21NO4. The lowest BCUT2D eigenvalue weighted by Gasteiger charge is -2.36. The molecule has 1 saturated carbocycles. The summed E-state index contributed by atoms with van der Waals surface area (Å²) in [5, 5.41) is 2.86. The van der Waals surface area contributed by atoms with Gasteiger partial charge in [0.15, 0.2) is 5.78 Å². The van der Waals surface area contributed by atoms with Gasteiger partial charge in [0.2, 0.25) is 5.91 Å². The maximum Gasteiger partial charge on any atom is 0.307 e. The topological polar surface area (TPSA) is 72.5 Å². The first kappa shape index (κ1) is 15.7. The Kier molecular flexibility index (Phi) is 4.20. The number of ketones is 1. The molecule has 1 saturated heterocycles. The molecule has 0 aromatic heterocycles. The van der Waals surface area contributed by atoms with Gasteiger partial charge in [-0.05, 0) is 56.9 Å². The van der Waals surface area contributed by atoms with E-state index in [0.29, 0.717) is 11.3 Å². The van der Waals surface area contributed by atoms with Crippen molar-refractivity contribution in [3.05, 3.63) is 29.8 Å². The summed E-state index contributed by atoms with van der Waals surface area (Å²) in [5.74, 6) is -0.895. The van der Waals surface area contributed by atoms with E-state index in [9.17, 15) is 14.4 Å². The third-order valence-corrected chi connectivity index (χ3v) is 4.90. The highest BCUT2D eigenvalue weighted by molar-refractivity contribution is 5.98. The van der Waals surface area contributed by atoms with Gasteiger partial charge < -0.3 is 10.1 Å². The standard InChI is InChI=1S/C18H21NO4/c1-12(20)13-5-7-14(8-6-13)19-17(22)15-11-16(21)23-18(15)9-3-2-4-10-18/h5-8,15H,2-4,9-11H2,1H3,(H,19,22)/t15-/m1/s1. The normalized spacial score (nSPS) is 22.7. The minimum absolute atomic E-state index is 0.0150. The van der Waals surface area contributed by atoms with Gasteiger partial charge in [-0.1, -0.05) is 6.42 Å². The quantitative estimate of drug-likeness (QED) is 0.687. The Labute approximate surface area is 135 Å². The van der Waals surface area contributed by atoms with Gasteiger partial charge in [-0.15, -0.1) is 0 Å². The van der Waals surface area contributed by atoms with Gasteiger partial charge in [0.1, 0.15) is 5.60 Å². The highest BCUT2D eigenvalue weighted by atomic mass is 16.6. The smallest absolute Gasteiger partial charge is 0.307 e. The molecule has 2 aliphatic rings. The number of hydrogen-bond acceptors (Lipinski definition) is 4. The van der Waals surface area contributed by atoms with Crippen LogP contribution in [0.15, 0.2) is 24.3 Å². The van der Waals surface area contributed by atoms with Crippen LogP contribution in [0, 0.1) is 5.92 Å². The fraction of sp³-hybridized carbons (Fsp3) is 0.500. The molecule has 5 nitrogen and oxygen atoms in total. The summed E-state index contributed by atoms with van der Waals surface area (Å²) in [6.07, 6.45) is 4.78. The van der Waals surface area contributed by atoms with E-state index in [0.717, 1.165) is 32.1 Å². The van der Waals surface area contributed by atoms with E-state index < -0.39 is 11.5 Å². The van der Waals surface area contributed by atoms with Crippen LogP contribution in [0.3, 0.4) is 0 Å². The van der Waals surface area contributed by atoms with Gasteiger partial charge in [-0.25, -0.2) is 0 Å². The third kappa shape index (κ3) is 3.14. The van der Waals surface area contributed by atoms with E-state index in [1.54, 1.807) is 24.3 Å². The molecule has 1 N–H and O–H groups in total. The molecule has 1 heterocycles. The lowest BCUT2D eigenvalue weighted by molar-refractivity contribution is -0.153. The van der Waals surface area contributed by atoms with Gasteiger partial charge in [-0.3, -0.25) is 14.4 Å². The number of rotatable bonds is 3. The summed E-state index contributed by atoms with van der Waals surface area (Å²) >= 11 is 0. The lowest BCUT2D eigenvalue weighted by atomic mass is 9.75. The number of amides is 1. The van der Waals surface area contributed by atoms with E-state index in [1.807, 2.05) is 0 Å². The van der Waals surface area contributed by atoms with Gasteiger partial charge in [-0.2, -0.15) is 0 Å². The molecule has 5 heteroatoms. The molecule has 1 aliphatic heterocycles. The van der Waals surface area contributed by atoms with Crippen LogP contribution in [-0.2, 0) is 14.3 Å². The van der Waals surface area contributed by atoms with Crippen LogP contribution in [0.1, 0.15) is 55.8 Å².